The Hall–Kier alpha value is 0.129. The molecule has 5 nitrogen and oxygen atoms in total. The molecular formula is C5H11Cl2CuN5. The Morgan fingerprint density at radius 1 is 1.46 bits per heavy atom. The first-order valence-electron chi connectivity index (χ1n) is 3.29. The molecule has 0 spiro atoms. The van der Waals surface area contributed by atoms with Crippen molar-refractivity contribution in [1.29, 1.82) is 0 Å². The molecule has 0 saturated carbocycles. The van der Waals surface area contributed by atoms with Crippen molar-refractivity contribution in [2.45, 2.75) is 6.54 Å². The van der Waals surface area contributed by atoms with Gasteiger partial charge in [-0.3, -0.25) is 0 Å². The van der Waals surface area contributed by atoms with E-state index in [1.807, 2.05) is 26.0 Å². The molecule has 81 valence electrons. The zero-order valence-electron chi connectivity index (χ0n) is 7.50. The van der Waals surface area contributed by atoms with Gasteiger partial charge in [-0.05, 0) is 24.5 Å². The molecule has 0 radical (unpaired) electrons. The van der Waals surface area contributed by atoms with Crippen molar-refractivity contribution in [3.05, 3.63) is 5.82 Å². The van der Waals surface area contributed by atoms with Crippen LogP contribution in [0.1, 0.15) is 5.82 Å². The van der Waals surface area contributed by atoms with Crippen molar-refractivity contribution in [2.75, 3.05) is 14.1 Å². The summed E-state index contributed by atoms with van der Waals surface area (Å²) in [6, 6.07) is 0. The van der Waals surface area contributed by atoms with Crippen molar-refractivity contribution in [2.24, 2.45) is 7.05 Å². The van der Waals surface area contributed by atoms with Crippen LogP contribution >= 0.6 is 20.2 Å². The molecule has 1 aromatic heterocycles. The van der Waals surface area contributed by atoms with Gasteiger partial charge < -0.3 is 4.90 Å². The first-order chi connectivity index (χ1) is 6.11. The average molecular weight is 276 g/mol. The molecule has 0 aliphatic heterocycles. The molecule has 0 amide bonds. The van der Waals surface area contributed by atoms with Gasteiger partial charge in [0.05, 0.1) is 6.54 Å². The predicted octanol–water partition coefficient (Wildman–Crippen LogP) is 0.648. The van der Waals surface area contributed by atoms with E-state index in [2.05, 4.69) is 35.7 Å². The van der Waals surface area contributed by atoms with Gasteiger partial charge in [0.1, 0.15) is 0 Å². The van der Waals surface area contributed by atoms with Gasteiger partial charge in [0, 0.05) is 7.05 Å². The number of rotatable bonds is 2. The summed E-state index contributed by atoms with van der Waals surface area (Å²) in [7, 11) is 15.1. The molecule has 0 saturated heterocycles. The molecule has 0 unspecified atom stereocenters. The summed E-state index contributed by atoms with van der Waals surface area (Å²) in [6.07, 6.45) is 0. The van der Waals surface area contributed by atoms with Gasteiger partial charge in [-0.1, -0.05) is 0 Å². The second kappa shape index (κ2) is 7.53. The molecule has 0 bridgehead atoms. The summed E-state index contributed by atoms with van der Waals surface area (Å²) in [5.74, 6) is 0.880. The average Bonchev–Trinajstić information content (AvgIpc) is 2.37. The van der Waals surface area contributed by atoms with Gasteiger partial charge >= 0.3 is 33.3 Å². The second-order valence-electron chi connectivity index (χ2n) is 2.50. The van der Waals surface area contributed by atoms with Crippen LogP contribution in [0.5, 0.6) is 0 Å². The Morgan fingerprint density at radius 3 is 2.31 bits per heavy atom. The van der Waals surface area contributed by atoms with Gasteiger partial charge in [-0.25, -0.2) is 4.68 Å². The molecule has 1 heterocycles. The van der Waals surface area contributed by atoms with Gasteiger partial charge in [0.25, 0.3) is 0 Å². The molecule has 0 aliphatic rings. The molecule has 0 atom stereocenters. The fourth-order valence-electron chi connectivity index (χ4n) is 0.665. The minimum absolute atomic E-state index is 0.757. The van der Waals surface area contributed by atoms with Crippen molar-refractivity contribution in [3.8, 4) is 0 Å². The van der Waals surface area contributed by atoms with E-state index in [0.717, 1.165) is 25.5 Å². The van der Waals surface area contributed by atoms with Crippen LogP contribution in [0.15, 0.2) is 0 Å². The van der Waals surface area contributed by atoms with Crippen LogP contribution in [-0.2, 0) is 26.7 Å². The number of hydrogen-bond acceptors (Lipinski definition) is 4. The Bertz CT molecular complexity index is 228. The van der Waals surface area contributed by atoms with E-state index >= 15 is 0 Å². The van der Waals surface area contributed by atoms with E-state index < -0.39 is 0 Å². The Labute approximate surface area is 92.0 Å². The maximum absolute atomic E-state index is 4.67. The molecule has 0 aliphatic carbocycles. The van der Waals surface area contributed by atoms with E-state index in [-0.39, 0.29) is 0 Å². The van der Waals surface area contributed by atoms with Crippen LogP contribution in [0.2, 0.25) is 0 Å². The van der Waals surface area contributed by atoms with Crippen LogP contribution in [0.3, 0.4) is 0 Å². The number of aryl methyl sites for hydroxylation is 1. The van der Waals surface area contributed by atoms with Gasteiger partial charge in [-0.2, -0.15) is 0 Å². The van der Waals surface area contributed by atoms with E-state index in [1.165, 1.54) is 0 Å². The van der Waals surface area contributed by atoms with Crippen molar-refractivity contribution < 1.29 is 13.1 Å². The van der Waals surface area contributed by atoms with E-state index in [1.54, 1.807) is 4.68 Å². The third-order valence-electron chi connectivity index (χ3n) is 1.17. The third kappa shape index (κ3) is 6.23. The molecule has 0 aromatic carbocycles. The zero-order valence-corrected chi connectivity index (χ0v) is 9.95. The number of tetrazole rings is 1. The molecular weight excluding hydrogens is 265 g/mol. The van der Waals surface area contributed by atoms with E-state index in [9.17, 15) is 0 Å². The van der Waals surface area contributed by atoms with Crippen LogP contribution in [0.25, 0.3) is 0 Å². The topological polar surface area (TPSA) is 46.8 Å². The van der Waals surface area contributed by atoms with Gasteiger partial charge in [0.15, 0.2) is 5.82 Å². The first kappa shape index (κ1) is 13.1. The Kier molecular flexibility index (Phi) is 7.60. The first-order valence-corrected chi connectivity index (χ1v) is 5.88. The molecule has 0 N–H and O–H groups in total. The molecule has 1 rings (SSSR count). The fraction of sp³-hybridized carbons (Fsp3) is 0.800. The van der Waals surface area contributed by atoms with Crippen LogP contribution < -0.4 is 0 Å². The Morgan fingerprint density at radius 2 is 2.00 bits per heavy atom. The maximum atomic E-state index is 4.67. The SMILES string of the molecule is CN(C)Cc1nnnn1C.[Cl][Cu][Cl]. The summed E-state index contributed by atoms with van der Waals surface area (Å²) < 4.78 is 1.67. The van der Waals surface area contributed by atoms with Crippen LogP contribution in [-0.4, -0.2) is 39.2 Å². The van der Waals surface area contributed by atoms with Crippen molar-refractivity contribution >= 4 is 20.2 Å². The number of aromatic nitrogens is 4. The van der Waals surface area contributed by atoms with Crippen molar-refractivity contribution in [3.63, 3.8) is 0 Å². The van der Waals surface area contributed by atoms with Crippen LogP contribution in [0.4, 0.5) is 0 Å². The fourth-order valence-corrected chi connectivity index (χ4v) is 0.665. The zero-order chi connectivity index (χ0) is 10.3. The summed E-state index contributed by atoms with van der Waals surface area (Å²) in [5.41, 5.74) is 0. The standard InChI is InChI=1S/C5H11N5.2ClH.Cu/c1-9(2)4-5-6-7-8-10(5)3;;;/h4H2,1-3H3;2*1H;/q;;;+2/p-2. The molecule has 0 fully saturated rings. The Balaban J connectivity index is 0.000000424. The molecule has 8 heteroatoms. The van der Waals surface area contributed by atoms with Gasteiger partial charge in [0.2, 0.25) is 0 Å². The van der Waals surface area contributed by atoms with Crippen LogP contribution in [0, 0.1) is 0 Å². The summed E-state index contributed by atoms with van der Waals surface area (Å²) in [6.45, 7) is 0.781. The number of hydrogen-bond donors (Lipinski definition) is 0. The van der Waals surface area contributed by atoms with E-state index in [0.29, 0.717) is 0 Å². The van der Waals surface area contributed by atoms with Crippen molar-refractivity contribution in [1.82, 2.24) is 25.1 Å². The quantitative estimate of drug-likeness (QED) is 0.744. The second-order valence-corrected chi connectivity index (χ2v) is 4.05. The molecule has 13 heavy (non-hydrogen) atoms. The number of halogens is 2. The monoisotopic (exact) mass is 274 g/mol. The molecule has 1 aromatic rings. The number of nitrogens with zero attached hydrogens (tertiary/aromatic N) is 5. The normalized spacial score (nSPS) is 10.0. The van der Waals surface area contributed by atoms with Gasteiger partial charge in [-0.15, -0.1) is 5.10 Å². The third-order valence-corrected chi connectivity index (χ3v) is 1.17. The van der Waals surface area contributed by atoms with E-state index in [4.69, 9.17) is 0 Å². The summed E-state index contributed by atoms with van der Waals surface area (Å²) >= 11 is 0.757. The summed E-state index contributed by atoms with van der Waals surface area (Å²) in [4.78, 5) is 2.02. The minimum atomic E-state index is 0.757. The predicted molar refractivity (Wildman–Crippen MR) is 47.9 cm³/mol. The summed E-state index contributed by atoms with van der Waals surface area (Å²) in [5, 5.41) is 11.0.